The number of pyridine rings is 2. The zero-order chi connectivity index (χ0) is 16.5. The van der Waals surface area contributed by atoms with E-state index in [4.69, 9.17) is 6.57 Å². The molecule has 4 rings (SSSR count). The predicted octanol–water partition coefficient (Wildman–Crippen LogP) is 4.75. The summed E-state index contributed by atoms with van der Waals surface area (Å²) in [6.45, 7) is 7.23. The quantitative estimate of drug-likeness (QED) is 0.500. The monoisotopic (exact) mass is 314 g/mol. The van der Waals surface area contributed by atoms with Crippen molar-refractivity contribution in [2.24, 2.45) is 0 Å². The second kappa shape index (κ2) is 5.60. The van der Waals surface area contributed by atoms with Crippen molar-refractivity contribution in [3.63, 3.8) is 0 Å². The van der Waals surface area contributed by atoms with Crippen molar-refractivity contribution in [3.05, 3.63) is 84.4 Å². The third-order valence-corrected chi connectivity index (χ3v) is 3.82. The Morgan fingerprint density at radius 2 is 1.92 bits per heavy atom. The molecule has 4 nitrogen and oxygen atoms in total. The van der Waals surface area contributed by atoms with Gasteiger partial charge in [-0.3, -0.25) is 4.98 Å². The van der Waals surface area contributed by atoms with Gasteiger partial charge in [-0.1, -0.05) is 24.8 Å². The minimum absolute atomic E-state index is 0.301. The summed E-state index contributed by atoms with van der Waals surface area (Å²) in [6, 6.07) is 13.9. The molecule has 0 saturated carbocycles. The van der Waals surface area contributed by atoms with Gasteiger partial charge in [-0.05, 0) is 24.3 Å². The molecule has 0 unspecified atom stereocenters. The fourth-order valence-electron chi connectivity index (χ4n) is 2.71. The van der Waals surface area contributed by atoms with Gasteiger partial charge in [0.05, 0.1) is 18.1 Å². The summed E-state index contributed by atoms with van der Waals surface area (Å²) in [5.74, 6) is 0.146. The summed E-state index contributed by atoms with van der Waals surface area (Å²) in [4.78, 5) is 12.1. The Morgan fingerprint density at radius 1 is 1.00 bits per heavy atom. The van der Waals surface area contributed by atoms with E-state index in [1.54, 1.807) is 22.9 Å². The minimum Gasteiger partial charge on any atom is -0.362 e. The van der Waals surface area contributed by atoms with Gasteiger partial charge in [0, 0.05) is 29.0 Å². The number of fused-ring (bicyclic) bond motifs is 1. The molecule has 3 aromatic heterocycles. The lowest BCUT2D eigenvalue weighted by Crippen LogP contribution is -1.92. The molecule has 0 radical (unpaired) electrons. The first-order chi connectivity index (χ1) is 11.8. The number of nitrogens with zero attached hydrogens (tertiary/aromatic N) is 4. The molecule has 0 fully saturated rings. The lowest BCUT2D eigenvalue weighted by atomic mass is 10.0. The number of imidazole rings is 1. The molecule has 1 aromatic carbocycles. The molecule has 0 bridgehead atoms. The molecule has 0 aliphatic carbocycles. The van der Waals surface area contributed by atoms with Gasteiger partial charge in [-0.15, -0.1) is 0 Å². The molecule has 0 aliphatic heterocycles. The van der Waals surface area contributed by atoms with Crippen molar-refractivity contribution >= 4 is 11.5 Å². The van der Waals surface area contributed by atoms with Gasteiger partial charge < -0.3 is 4.85 Å². The van der Waals surface area contributed by atoms with Crippen LogP contribution < -0.4 is 0 Å². The molecular weight excluding hydrogens is 303 g/mol. The highest BCUT2D eigenvalue weighted by Gasteiger charge is 2.12. The van der Waals surface area contributed by atoms with E-state index in [0.717, 1.165) is 11.1 Å². The number of halogens is 1. The summed E-state index contributed by atoms with van der Waals surface area (Å²) in [6.07, 6.45) is 5.09. The Balaban J connectivity index is 1.93. The van der Waals surface area contributed by atoms with Crippen LogP contribution in [0.2, 0.25) is 0 Å². The van der Waals surface area contributed by atoms with Crippen LogP contribution in [0, 0.1) is 12.4 Å². The lowest BCUT2D eigenvalue weighted by Gasteiger charge is -2.09. The summed E-state index contributed by atoms with van der Waals surface area (Å²) in [5.41, 5.74) is 3.87. The summed E-state index contributed by atoms with van der Waals surface area (Å²) >= 11 is 0. The van der Waals surface area contributed by atoms with Crippen LogP contribution in [0.15, 0.2) is 67.1 Å². The van der Waals surface area contributed by atoms with Gasteiger partial charge in [-0.25, -0.2) is 13.8 Å². The normalized spacial score (nSPS) is 10.7. The Kier molecular flexibility index (Phi) is 3.29. The van der Waals surface area contributed by atoms with Gasteiger partial charge in [0.25, 0.3) is 5.82 Å². The maximum absolute atomic E-state index is 13.6. The van der Waals surface area contributed by atoms with Crippen LogP contribution in [0.3, 0.4) is 0 Å². The highest BCUT2D eigenvalue weighted by atomic mass is 19.1. The van der Waals surface area contributed by atoms with E-state index < -0.39 is 0 Å². The second-order valence-corrected chi connectivity index (χ2v) is 5.28. The average molecular weight is 314 g/mol. The maximum atomic E-state index is 13.6. The molecule has 4 aromatic rings. The van der Waals surface area contributed by atoms with Crippen LogP contribution in [0.25, 0.3) is 32.9 Å². The van der Waals surface area contributed by atoms with Crippen LogP contribution in [-0.4, -0.2) is 14.4 Å². The molecule has 0 N–H and O–H groups in total. The van der Waals surface area contributed by atoms with E-state index in [1.807, 2.05) is 36.5 Å². The van der Waals surface area contributed by atoms with Crippen molar-refractivity contribution in [1.29, 1.82) is 0 Å². The Bertz CT molecular complexity index is 1090. The molecule has 0 amide bonds. The smallest absolute Gasteiger partial charge is 0.254 e. The average Bonchev–Trinajstić information content (AvgIpc) is 3.04. The number of hydrogen-bond acceptors (Lipinski definition) is 2. The molecule has 0 atom stereocenters. The summed E-state index contributed by atoms with van der Waals surface area (Å²) < 4.78 is 15.3. The van der Waals surface area contributed by atoms with E-state index in [2.05, 4.69) is 14.8 Å². The molecule has 0 spiro atoms. The van der Waals surface area contributed by atoms with E-state index in [9.17, 15) is 4.39 Å². The van der Waals surface area contributed by atoms with Crippen molar-refractivity contribution < 1.29 is 4.39 Å². The molecule has 114 valence electrons. The highest BCUT2D eigenvalue weighted by Crippen LogP contribution is 2.31. The first-order valence-electron chi connectivity index (χ1n) is 7.32. The lowest BCUT2D eigenvalue weighted by molar-refractivity contribution is 0.628. The van der Waals surface area contributed by atoms with E-state index in [0.29, 0.717) is 22.7 Å². The molecular formula is C19H11FN4. The SMILES string of the molecule is [C-]#[N+]c1cnc2ccc(-c3cccnc3-c3cccc(F)c3)cn12. The maximum Gasteiger partial charge on any atom is 0.254 e. The number of aromatic nitrogens is 3. The van der Waals surface area contributed by atoms with Crippen LogP contribution in [0.1, 0.15) is 0 Å². The summed E-state index contributed by atoms with van der Waals surface area (Å²) in [5, 5.41) is 0. The molecule has 3 heterocycles. The first-order valence-corrected chi connectivity index (χ1v) is 7.32. The van der Waals surface area contributed by atoms with Gasteiger partial charge in [-0.2, -0.15) is 0 Å². The topological polar surface area (TPSA) is 34.5 Å². The van der Waals surface area contributed by atoms with E-state index in [1.165, 1.54) is 12.1 Å². The van der Waals surface area contributed by atoms with Crippen molar-refractivity contribution in [2.45, 2.75) is 0 Å². The fraction of sp³-hybridized carbons (Fsp3) is 0. The van der Waals surface area contributed by atoms with Crippen LogP contribution in [0.5, 0.6) is 0 Å². The Morgan fingerprint density at radius 3 is 2.75 bits per heavy atom. The molecule has 0 saturated heterocycles. The standard InChI is InChI=1S/C19H11FN4/c1-21-18-11-23-17-8-7-14(12-24(17)18)16-6-3-9-22-19(16)13-4-2-5-15(20)10-13/h2-12H. The number of hydrogen-bond donors (Lipinski definition) is 0. The molecule has 5 heteroatoms. The first kappa shape index (κ1) is 14.1. The van der Waals surface area contributed by atoms with Crippen molar-refractivity contribution in [3.8, 4) is 22.4 Å². The van der Waals surface area contributed by atoms with E-state index >= 15 is 0 Å². The Labute approximate surface area is 137 Å². The van der Waals surface area contributed by atoms with E-state index in [-0.39, 0.29) is 5.82 Å². The fourth-order valence-corrected chi connectivity index (χ4v) is 2.71. The van der Waals surface area contributed by atoms with Crippen molar-refractivity contribution in [1.82, 2.24) is 14.4 Å². The zero-order valence-corrected chi connectivity index (χ0v) is 12.5. The van der Waals surface area contributed by atoms with Crippen LogP contribution >= 0.6 is 0 Å². The minimum atomic E-state index is -0.301. The van der Waals surface area contributed by atoms with Gasteiger partial charge in [0.2, 0.25) is 5.65 Å². The van der Waals surface area contributed by atoms with Gasteiger partial charge in [0.15, 0.2) is 0 Å². The third kappa shape index (κ3) is 2.31. The van der Waals surface area contributed by atoms with Gasteiger partial charge >= 0.3 is 0 Å². The Hall–Kier alpha value is -3.52. The highest BCUT2D eigenvalue weighted by molar-refractivity contribution is 5.81. The van der Waals surface area contributed by atoms with Crippen LogP contribution in [0.4, 0.5) is 10.2 Å². The van der Waals surface area contributed by atoms with Crippen molar-refractivity contribution in [2.75, 3.05) is 0 Å². The zero-order valence-electron chi connectivity index (χ0n) is 12.5. The second-order valence-electron chi connectivity index (χ2n) is 5.28. The number of benzene rings is 1. The summed E-state index contributed by atoms with van der Waals surface area (Å²) in [7, 11) is 0. The van der Waals surface area contributed by atoms with Gasteiger partial charge in [0.1, 0.15) is 5.82 Å². The largest absolute Gasteiger partial charge is 0.362 e. The molecule has 0 aliphatic rings. The van der Waals surface area contributed by atoms with Crippen LogP contribution in [-0.2, 0) is 0 Å². The number of rotatable bonds is 2. The molecule has 24 heavy (non-hydrogen) atoms. The predicted molar refractivity (Wildman–Crippen MR) is 90.1 cm³/mol. The third-order valence-electron chi connectivity index (χ3n) is 3.82.